The van der Waals surface area contributed by atoms with Gasteiger partial charge in [-0.15, -0.1) is 21.5 Å². The van der Waals surface area contributed by atoms with Gasteiger partial charge in [-0.25, -0.2) is 4.98 Å². The highest BCUT2D eigenvalue weighted by Gasteiger charge is 2.33. The molecule has 0 aliphatic heterocycles. The Labute approximate surface area is 186 Å². The van der Waals surface area contributed by atoms with Crippen molar-refractivity contribution in [3.63, 3.8) is 0 Å². The van der Waals surface area contributed by atoms with Crippen molar-refractivity contribution in [2.45, 2.75) is 26.0 Å². The molecule has 156 valence electrons. The lowest BCUT2D eigenvalue weighted by Crippen LogP contribution is -2.22. The summed E-state index contributed by atoms with van der Waals surface area (Å²) in [5.74, 6) is 0.647. The van der Waals surface area contributed by atoms with Crippen LogP contribution in [0.25, 0.3) is 10.9 Å². The molecule has 0 bridgehead atoms. The van der Waals surface area contributed by atoms with Crippen LogP contribution >= 0.6 is 22.7 Å². The van der Waals surface area contributed by atoms with E-state index in [0.717, 1.165) is 22.3 Å². The quantitative estimate of drug-likeness (QED) is 0.402. The molecule has 0 fully saturated rings. The van der Waals surface area contributed by atoms with E-state index < -0.39 is 5.60 Å². The van der Waals surface area contributed by atoms with Crippen molar-refractivity contribution >= 4 is 44.5 Å². The minimum atomic E-state index is -1.28. The van der Waals surface area contributed by atoms with Gasteiger partial charge in [-0.05, 0) is 26.0 Å². The number of nitrogens with one attached hydrogen (secondary N) is 1. The van der Waals surface area contributed by atoms with E-state index in [1.807, 2.05) is 59.6 Å². The molecule has 1 aromatic carbocycles. The molecule has 0 aliphatic rings. The fourth-order valence-corrected chi connectivity index (χ4v) is 4.85. The first-order valence-corrected chi connectivity index (χ1v) is 11.3. The highest BCUT2D eigenvalue weighted by molar-refractivity contribution is 7.15. The van der Waals surface area contributed by atoms with E-state index in [2.05, 4.69) is 31.7 Å². The smallest absolute Gasteiger partial charge is 0.211 e. The maximum Gasteiger partial charge on any atom is 0.211 e. The van der Waals surface area contributed by atoms with E-state index in [1.54, 1.807) is 6.92 Å². The summed E-state index contributed by atoms with van der Waals surface area (Å²) in [6.45, 7) is 4.14. The van der Waals surface area contributed by atoms with Crippen molar-refractivity contribution in [2.24, 2.45) is 0 Å². The second kappa shape index (κ2) is 7.80. The molecule has 0 saturated heterocycles. The fourth-order valence-electron chi connectivity index (χ4n) is 3.13. The lowest BCUT2D eigenvalue weighted by Gasteiger charge is -2.16. The molecule has 4 heterocycles. The van der Waals surface area contributed by atoms with Crippen molar-refractivity contribution in [2.75, 3.05) is 5.32 Å². The van der Waals surface area contributed by atoms with Crippen molar-refractivity contribution in [3.8, 4) is 0 Å². The first-order valence-electron chi connectivity index (χ1n) is 9.61. The monoisotopic (exact) mass is 449 g/mol. The van der Waals surface area contributed by atoms with Crippen LogP contribution in [0.1, 0.15) is 28.3 Å². The number of hydrogen-bond donors (Lipinski definition) is 2. The highest BCUT2D eigenvalue weighted by atomic mass is 32.1. The number of para-hydroxylation sites is 1. The third-order valence-corrected chi connectivity index (χ3v) is 6.95. The molecule has 0 aliphatic carbocycles. The first kappa shape index (κ1) is 19.7. The van der Waals surface area contributed by atoms with E-state index >= 15 is 0 Å². The number of anilines is 2. The van der Waals surface area contributed by atoms with Crippen LogP contribution in [-0.2, 0) is 12.1 Å². The van der Waals surface area contributed by atoms with Gasteiger partial charge in [-0.1, -0.05) is 35.6 Å². The SMILES string of the molecule is Cc1csc(C(C)(O)c2nnc(Nc3ccn(Cc4ccc5ccccc5n4)n3)s2)n1. The Kier molecular flexibility index (Phi) is 4.97. The van der Waals surface area contributed by atoms with Gasteiger partial charge in [0.25, 0.3) is 0 Å². The lowest BCUT2D eigenvalue weighted by atomic mass is 10.1. The average Bonchev–Trinajstić information content (AvgIpc) is 3.50. The van der Waals surface area contributed by atoms with E-state index in [9.17, 15) is 5.11 Å². The number of aromatic nitrogens is 6. The van der Waals surface area contributed by atoms with Crippen LogP contribution in [0.2, 0.25) is 0 Å². The molecule has 0 amide bonds. The summed E-state index contributed by atoms with van der Waals surface area (Å²) >= 11 is 2.68. The van der Waals surface area contributed by atoms with Gasteiger partial charge in [-0.2, -0.15) is 5.10 Å². The molecule has 31 heavy (non-hydrogen) atoms. The van der Waals surface area contributed by atoms with Crippen molar-refractivity contribution in [1.82, 2.24) is 29.9 Å². The highest BCUT2D eigenvalue weighted by Crippen LogP contribution is 2.34. The zero-order valence-corrected chi connectivity index (χ0v) is 18.5. The van der Waals surface area contributed by atoms with Crippen molar-refractivity contribution < 1.29 is 5.11 Å². The number of hydrogen-bond acceptors (Lipinski definition) is 9. The number of pyridine rings is 1. The van der Waals surface area contributed by atoms with Crippen LogP contribution in [-0.4, -0.2) is 35.1 Å². The van der Waals surface area contributed by atoms with E-state index in [-0.39, 0.29) is 0 Å². The van der Waals surface area contributed by atoms with Gasteiger partial charge in [0.2, 0.25) is 5.13 Å². The average molecular weight is 450 g/mol. The zero-order chi connectivity index (χ0) is 21.4. The summed E-state index contributed by atoms with van der Waals surface area (Å²) in [7, 11) is 0. The first-order chi connectivity index (χ1) is 15.0. The molecule has 5 rings (SSSR count). The van der Waals surface area contributed by atoms with Crippen molar-refractivity contribution in [3.05, 3.63) is 75.4 Å². The molecule has 1 unspecified atom stereocenters. The third kappa shape index (κ3) is 4.05. The van der Waals surface area contributed by atoms with Crippen LogP contribution in [0.3, 0.4) is 0 Å². The predicted molar refractivity (Wildman–Crippen MR) is 122 cm³/mol. The molecule has 4 aromatic heterocycles. The Balaban J connectivity index is 1.29. The van der Waals surface area contributed by atoms with E-state index in [4.69, 9.17) is 4.98 Å². The van der Waals surface area contributed by atoms with Gasteiger partial charge in [-0.3, -0.25) is 9.67 Å². The number of thiazole rings is 1. The molecule has 1 atom stereocenters. The van der Waals surface area contributed by atoms with Gasteiger partial charge in [0.05, 0.1) is 17.8 Å². The van der Waals surface area contributed by atoms with Crippen LogP contribution in [0.5, 0.6) is 0 Å². The molecule has 10 heteroatoms. The number of benzene rings is 1. The maximum atomic E-state index is 10.9. The van der Waals surface area contributed by atoms with Gasteiger partial charge < -0.3 is 10.4 Å². The topological polar surface area (TPSA) is 102 Å². The fraction of sp³-hybridized carbons (Fsp3) is 0.190. The van der Waals surface area contributed by atoms with Crippen LogP contribution in [0.15, 0.2) is 54.0 Å². The largest absolute Gasteiger partial charge is 0.376 e. The Morgan fingerprint density at radius 2 is 1.94 bits per heavy atom. The van der Waals surface area contributed by atoms with E-state index in [1.165, 1.54) is 22.7 Å². The Bertz CT molecular complexity index is 1350. The van der Waals surface area contributed by atoms with Gasteiger partial charge >= 0.3 is 0 Å². The van der Waals surface area contributed by atoms with Gasteiger partial charge in [0.1, 0.15) is 5.01 Å². The summed E-state index contributed by atoms with van der Waals surface area (Å²) in [5, 5.41) is 31.5. The normalized spacial score (nSPS) is 13.4. The van der Waals surface area contributed by atoms with Crippen LogP contribution in [0, 0.1) is 6.92 Å². The van der Waals surface area contributed by atoms with Crippen LogP contribution in [0.4, 0.5) is 10.9 Å². The Morgan fingerprint density at radius 3 is 2.77 bits per heavy atom. The molecule has 0 radical (unpaired) electrons. The second-order valence-corrected chi connectivity index (χ2v) is 9.13. The molecule has 0 saturated carbocycles. The number of aryl methyl sites for hydroxylation is 1. The van der Waals surface area contributed by atoms with Gasteiger partial charge in [0.15, 0.2) is 16.4 Å². The molecular formula is C21H19N7OS2. The number of nitrogens with zero attached hydrogens (tertiary/aromatic N) is 6. The zero-order valence-electron chi connectivity index (χ0n) is 16.9. The molecular weight excluding hydrogens is 430 g/mol. The molecule has 0 spiro atoms. The maximum absolute atomic E-state index is 10.9. The lowest BCUT2D eigenvalue weighted by molar-refractivity contribution is 0.101. The minimum absolute atomic E-state index is 0.476. The van der Waals surface area contributed by atoms with Gasteiger partial charge in [0, 0.05) is 28.7 Å². The second-order valence-electron chi connectivity index (χ2n) is 7.30. The Morgan fingerprint density at radius 1 is 1.06 bits per heavy atom. The number of aliphatic hydroxyl groups is 1. The summed E-state index contributed by atoms with van der Waals surface area (Å²) in [6, 6.07) is 14.0. The molecule has 2 N–H and O–H groups in total. The summed E-state index contributed by atoms with van der Waals surface area (Å²) in [4.78, 5) is 9.07. The summed E-state index contributed by atoms with van der Waals surface area (Å²) in [6.07, 6.45) is 1.88. The summed E-state index contributed by atoms with van der Waals surface area (Å²) < 4.78 is 1.82. The third-order valence-electron chi connectivity index (χ3n) is 4.73. The minimum Gasteiger partial charge on any atom is -0.376 e. The number of fused-ring (bicyclic) bond motifs is 1. The predicted octanol–water partition coefficient (Wildman–Crippen LogP) is 4.10. The number of rotatable bonds is 6. The Hall–Kier alpha value is -3.21. The standard InChI is InChI=1S/C21H19N7OS2/c1-13-12-30-18(22-13)21(2,29)19-25-26-20(31-19)24-17-9-10-28(27-17)11-15-8-7-14-5-3-4-6-16(14)23-15/h3-10,12,29H,11H2,1-2H3,(H,24,26,27). The van der Waals surface area contributed by atoms with Crippen LogP contribution < -0.4 is 5.32 Å². The summed E-state index contributed by atoms with van der Waals surface area (Å²) in [5.41, 5.74) is 1.49. The molecule has 8 nitrogen and oxygen atoms in total. The van der Waals surface area contributed by atoms with E-state index in [0.29, 0.717) is 27.5 Å². The van der Waals surface area contributed by atoms with Crippen molar-refractivity contribution in [1.29, 1.82) is 0 Å². The molecule has 5 aromatic rings.